The number of carbonyl (C=O) groups is 1. The maximum Gasteiger partial charge on any atom is 0.410 e. The van der Waals surface area contributed by atoms with Gasteiger partial charge >= 0.3 is 6.18 Å². The van der Waals surface area contributed by atoms with Gasteiger partial charge < -0.3 is 20.1 Å². The van der Waals surface area contributed by atoms with Crippen LogP contribution in [0.5, 0.6) is 11.5 Å². The van der Waals surface area contributed by atoms with E-state index in [1.54, 1.807) is 18.2 Å². The third kappa shape index (κ3) is 4.05. The highest BCUT2D eigenvalue weighted by molar-refractivity contribution is 7.16. The predicted molar refractivity (Wildman–Crippen MR) is 122 cm³/mol. The smallest absolute Gasteiger partial charge is 0.410 e. The van der Waals surface area contributed by atoms with Crippen LogP contribution < -0.4 is 20.1 Å². The molecule has 35 heavy (non-hydrogen) atoms. The molecule has 0 spiro atoms. The minimum Gasteiger partial charge on any atom is -0.454 e. The van der Waals surface area contributed by atoms with Crippen LogP contribution in [0.25, 0.3) is 0 Å². The van der Waals surface area contributed by atoms with Crippen LogP contribution in [0.3, 0.4) is 0 Å². The summed E-state index contributed by atoms with van der Waals surface area (Å²) in [7, 11) is 0. The lowest BCUT2D eigenvalue weighted by Gasteiger charge is -2.33. The maximum absolute atomic E-state index is 14.0. The highest BCUT2D eigenvalue weighted by Gasteiger charge is 2.47. The number of thiophene rings is 1. The molecule has 1 aromatic carbocycles. The number of alkyl halides is 3. The number of nitriles is 1. The summed E-state index contributed by atoms with van der Waals surface area (Å²) in [5.41, 5.74) is 1.62. The number of anilines is 2. The van der Waals surface area contributed by atoms with E-state index in [0.29, 0.717) is 34.0 Å². The van der Waals surface area contributed by atoms with Crippen molar-refractivity contribution in [3.63, 3.8) is 0 Å². The number of hydrogen-bond acceptors (Lipinski definition) is 7. The van der Waals surface area contributed by atoms with Crippen molar-refractivity contribution in [1.29, 1.82) is 5.26 Å². The van der Waals surface area contributed by atoms with Gasteiger partial charge in [0.25, 0.3) is 5.91 Å². The lowest BCUT2D eigenvalue weighted by atomic mass is 9.96. The number of aryl methyl sites for hydroxylation is 1. The third-order valence-electron chi connectivity index (χ3n) is 6.12. The molecule has 0 saturated carbocycles. The SMILES string of the molecule is CCc1c(C)sc(NC(=O)c2cc3n(n2)C(C(F)(F)F)CC(c2ccc4c(c2)OCO4)N3)c1C#N. The normalized spacial score (nSPS) is 18.5. The third-order valence-corrected chi connectivity index (χ3v) is 7.19. The van der Waals surface area contributed by atoms with E-state index in [4.69, 9.17) is 9.47 Å². The van der Waals surface area contributed by atoms with Crippen LogP contribution in [0, 0.1) is 18.3 Å². The zero-order valence-corrected chi connectivity index (χ0v) is 19.5. The van der Waals surface area contributed by atoms with Crippen LogP contribution >= 0.6 is 11.3 Å². The Morgan fingerprint density at radius 3 is 2.83 bits per heavy atom. The van der Waals surface area contributed by atoms with Crippen molar-refractivity contribution in [2.45, 2.75) is 44.9 Å². The van der Waals surface area contributed by atoms with Gasteiger partial charge in [-0.3, -0.25) is 4.79 Å². The second-order valence-electron chi connectivity index (χ2n) is 8.22. The maximum atomic E-state index is 14.0. The second-order valence-corrected chi connectivity index (χ2v) is 9.45. The molecule has 4 heterocycles. The Bertz CT molecular complexity index is 1360. The average Bonchev–Trinajstić information content (AvgIpc) is 3.53. The largest absolute Gasteiger partial charge is 0.454 e. The first-order valence-electron chi connectivity index (χ1n) is 10.9. The average molecular weight is 504 g/mol. The molecule has 2 aliphatic heterocycles. The van der Waals surface area contributed by atoms with Gasteiger partial charge in [0, 0.05) is 17.4 Å². The van der Waals surface area contributed by atoms with E-state index in [1.807, 2.05) is 13.8 Å². The number of benzene rings is 1. The quantitative estimate of drug-likeness (QED) is 0.499. The molecule has 0 bridgehead atoms. The van der Waals surface area contributed by atoms with Crippen LogP contribution in [0.15, 0.2) is 24.3 Å². The van der Waals surface area contributed by atoms with Gasteiger partial charge in [0.15, 0.2) is 23.2 Å². The molecule has 8 nitrogen and oxygen atoms in total. The van der Waals surface area contributed by atoms with Crippen molar-refractivity contribution in [1.82, 2.24) is 9.78 Å². The number of carbonyl (C=O) groups excluding carboxylic acids is 1. The number of hydrogen-bond donors (Lipinski definition) is 2. The van der Waals surface area contributed by atoms with Crippen molar-refractivity contribution in [2.75, 3.05) is 17.4 Å². The molecule has 2 aliphatic rings. The molecule has 12 heteroatoms. The monoisotopic (exact) mass is 503 g/mol. The molecule has 2 N–H and O–H groups in total. The first-order valence-corrected chi connectivity index (χ1v) is 11.7. The van der Waals surface area contributed by atoms with Crippen molar-refractivity contribution in [3.05, 3.63) is 51.5 Å². The Morgan fingerprint density at radius 1 is 1.34 bits per heavy atom. The van der Waals surface area contributed by atoms with Crippen molar-refractivity contribution < 1.29 is 27.4 Å². The van der Waals surface area contributed by atoms with Gasteiger partial charge in [-0.1, -0.05) is 13.0 Å². The minimum absolute atomic E-state index is 0.0599. The minimum atomic E-state index is -4.58. The predicted octanol–water partition coefficient (Wildman–Crippen LogP) is 5.33. The highest BCUT2D eigenvalue weighted by Crippen LogP contribution is 2.45. The zero-order valence-electron chi connectivity index (χ0n) is 18.7. The molecule has 5 rings (SSSR count). The van der Waals surface area contributed by atoms with Gasteiger partial charge in [0.05, 0.1) is 11.6 Å². The Balaban J connectivity index is 1.45. The number of ether oxygens (including phenoxy) is 2. The molecular formula is C23H20F3N5O3S. The van der Waals surface area contributed by atoms with Crippen molar-refractivity contribution in [2.24, 2.45) is 0 Å². The Hall–Kier alpha value is -3.72. The first kappa shape index (κ1) is 23.0. The number of nitrogens with zero attached hydrogens (tertiary/aromatic N) is 3. The van der Waals surface area contributed by atoms with E-state index >= 15 is 0 Å². The fourth-order valence-electron chi connectivity index (χ4n) is 4.41. The number of halogens is 3. The number of rotatable bonds is 4. The lowest BCUT2D eigenvalue weighted by Crippen LogP contribution is -2.35. The van der Waals surface area contributed by atoms with Crippen LogP contribution in [-0.4, -0.2) is 28.7 Å². The zero-order chi connectivity index (χ0) is 24.9. The Kier molecular flexibility index (Phi) is 5.59. The summed E-state index contributed by atoms with van der Waals surface area (Å²) in [6.07, 6.45) is -4.28. The highest BCUT2D eigenvalue weighted by atomic mass is 32.1. The molecule has 0 saturated heterocycles. The Morgan fingerprint density at radius 2 is 2.11 bits per heavy atom. The van der Waals surface area contributed by atoms with Gasteiger partial charge in [-0.05, 0) is 36.6 Å². The second kappa shape index (κ2) is 8.49. The van der Waals surface area contributed by atoms with E-state index in [-0.39, 0.29) is 24.7 Å². The summed E-state index contributed by atoms with van der Waals surface area (Å²) >= 11 is 1.25. The summed E-state index contributed by atoms with van der Waals surface area (Å²) in [5, 5.41) is 19.6. The van der Waals surface area contributed by atoms with Crippen molar-refractivity contribution in [3.8, 4) is 17.6 Å². The number of aromatic nitrogens is 2. The molecule has 1 amide bonds. The molecule has 0 fully saturated rings. The molecule has 0 aliphatic carbocycles. The van der Waals surface area contributed by atoms with E-state index in [0.717, 1.165) is 15.1 Å². The topological polar surface area (TPSA) is 101 Å². The summed E-state index contributed by atoms with van der Waals surface area (Å²) in [6, 6.07) is 5.78. The van der Waals surface area contributed by atoms with Crippen molar-refractivity contribution >= 4 is 28.1 Å². The molecule has 3 aromatic rings. The lowest BCUT2D eigenvalue weighted by molar-refractivity contribution is -0.173. The standard InChI is InChI=1S/C23H20F3N5O3S/c1-3-13-11(2)35-22(14(13)9-27)29-21(32)16-8-20-28-15(7-19(23(24,25)26)31(20)30-16)12-4-5-17-18(6-12)34-10-33-17/h4-6,8,15,19,28H,3,7,10H2,1-2H3,(H,29,32). The van der Waals surface area contributed by atoms with E-state index in [1.165, 1.54) is 17.4 Å². The summed E-state index contributed by atoms with van der Waals surface area (Å²) in [6.45, 7) is 3.82. The van der Waals surface area contributed by atoms with Gasteiger partial charge in [-0.15, -0.1) is 11.3 Å². The summed E-state index contributed by atoms with van der Waals surface area (Å²) in [4.78, 5) is 13.8. The van der Waals surface area contributed by atoms with E-state index in [9.17, 15) is 23.2 Å². The molecular weight excluding hydrogens is 483 g/mol. The number of nitrogens with one attached hydrogen (secondary N) is 2. The molecule has 182 valence electrons. The summed E-state index contributed by atoms with van der Waals surface area (Å²) < 4.78 is 53.5. The van der Waals surface area contributed by atoms with Crippen LogP contribution in [0.1, 0.15) is 57.5 Å². The molecule has 0 radical (unpaired) electrons. The molecule has 2 unspecified atom stereocenters. The van der Waals surface area contributed by atoms with Gasteiger partial charge in [0.2, 0.25) is 6.79 Å². The van der Waals surface area contributed by atoms with Gasteiger partial charge in [-0.25, -0.2) is 4.68 Å². The van der Waals surface area contributed by atoms with E-state index < -0.39 is 24.2 Å². The fraction of sp³-hybridized carbons (Fsp3) is 0.348. The van der Waals surface area contributed by atoms with Crippen LogP contribution in [0.4, 0.5) is 24.0 Å². The van der Waals surface area contributed by atoms with Crippen LogP contribution in [-0.2, 0) is 6.42 Å². The first-order chi connectivity index (χ1) is 16.7. The fourth-order valence-corrected chi connectivity index (χ4v) is 5.50. The van der Waals surface area contributed by atoms with Crippen LogP contribution in [0.2, 0.25) is 0 Å². The van der Waals surface area contributed by atoms with Gasteiger partial charge in [-0.2, -0.15) is 23.5 Å². The van der Waals surface area contributed by atoms with Gasteiger partial charge in [0.1, 0.15) is 16.9 Å². The van der Waals surface area contributed by atoms with E-state index in [2.05, 4.69) is 21.8 Å². The Labute approximate surface area is 202 Å². The molecule has 2 aromatic heterocycles. The molecule has 2 atom stereocenters. The summed E-state index contributed by atoms with van der Waals surface area (Å²) in [5.74, 6) is 0.392. The number of amides is 1. The number of fused-ring (bicyclic) bond motifs is 2.